The maximum absolute atomic E-state index is 13.3. The minimum absolute atomic E-state index is 0.0938. The second-order valence-electron chi connectivity index (χ2n) is 6.52. The molecule has 1 amide bonds. The van der Waals surface area contributed by atoms with E-state index in [1.54, 1.807) is 12.3 Å². The molecule has 0 saturated carbocycles. The Morgan fingerprint density at radius 1 is 1.17 bits per heavy atom. The fraction of sp³-hybridized carbons (Fsp3) is 0.150. The van der Waals surface area contributed by atoms with Crippen LogP contribution in [0.3, 0.4) is 0 Å². The Bertz CT molecular complexity index is 1220. The van der Waals surface area contributed by atoms with Crippen LogP contribution < -0.4 is 5.73 Å². The molecule has 3 heterocycles. The fourth-order valence-electron chi connectivity index (χ4n) is 3.37. The summed E-state index contributed by atoms with van der Waals surface area (Å²) < 4.78 is 39.8. The number of nitrogens with two attached hydrogens (primary N) is 1. The zero-order valence-corrected chi connectivity index (χ0v) is 15.3. The summed E-state index contributed by atoms with van der Waals surface area (Å²) in [6, 6.07) is 6.76. The van der Waals surface area contributed by atoms with Crippen LogP contribution in [0.1, 0.15) is 28.4 Å². The molecule has 0 saturated heterocycles. The van der Waals surface area contributed by atoms with E-state index in [-0.39, 0.29) is 16.8 Å². The molecule has 1 aromatic carbocycles. The van der Waals surface area contributed by atoms with E-state index < -0.39 is 17.6 Å². The molecule has 0 radical (unpaired) electrons. The molecule has 0 fully saturated rings. The summed E-state index contributed by atoms with van der Waals surface area (Å²) in [7, 11) is 0. The van der Waals surface area contributed by atoms with Gasteiger partial charge in [0.15, 0.2) is 0 Å². The van der Waals surface area contributed by atoms with Gasteiger partial charge in [-0.1, -0.05) is 13.0 Å². The Kier molecular flexibility index (Phi) is 4.37. The van der Waals surface area contributed by atoms with Crippen molar-refractivity contribution in [3.63, 3.8) is 0 Å². The van der Waals surface area contributed by atoms with Crippen molar-refractivity contribution in [1.82, 2.24) is 19.9 Å². The smallest absolute Gasteiger partial charge is 0.366 e. The molecule has 0 atom stereocenters. The normalized spacial score (nSPS) is 11.9. The van der Waals surface area contributed by atoms with Crippen molar-refractivity contribution >= 4 is 16.9 Å². The Hall–Kier alpha value is -3.62. The van der Waals surface area contributed by atoms with Crippen LogP contribution in [0.4, 0.5) is 13.2 Å². The summed E-state index contributed by atoms with van der Waals surface area (Å²) in [6.45, 7) is 1.83. The van der Waals surface area contributed by atoms with Gasteiger partial charge in [-0.05, 0) is 36.2 Å². The van der Waals surface area contributed by atoms with Crippen molar-refractivity contribution in [2.45, 2.75) is 19.5 Å². The van der Waals surface area contributed by atoms with Gasteiger partial charge in [0.25, 0.3) is 5.91 Å². The summed E-state index contributed by atoms with van der Waals surface area (Å²) >= 11 is 0. The quantitative estimate of drug-likeness (QED) is 0.477. The molecule has 0 unspecified atom stereocenters. The molecule has 0 bridgehead atoms. The molecular formula is C20H16F3N5O. The van der Waals surface area contributed by atoms with E-state index in [4.69, 9.17) is 5.73 Å². The highest BCUT2D eigenvalue weighted by atomic mass is 19.4. The van der Waals surface area contributed by atoms with Gasteiger partial charge in [0.2, 0.25) is 0 Å². The maximum Gasteiger partial charge on any atom is 0.416 e. The molecule has 6 nitrogen and oxygen atoms in total. The number of nitrogens with one attached hydrogen (secondary N) is 2. The summed E-state index contributed by atoms with van der Waals surface area (Å²) in [6.07, 6.45) is -0.965. The van der Waals surface area contributed by atoms with Gasteiger partial charge in [0, 0.05) is 17.1 Å². The number of fused-ring (bicyclic) bond motifs is 1. The van der Waals surface area contributed by atoms with E-state index in [1.165, 1.54) is 18.5 Å². The second-order valence-corrected chi connectivity index (χ2v) is 6.52. The lowest BCUT2D eigenvalue weighted by Gasteiger charge is -2.13. The molecule has 4 rings (SSSR count). The van der Waals surface area contributed by atoms with Crippen molar-refractivity contribution in [2.24, 2.45) is 5.73 Å². The first kappa shape index (κ1) is 18.7. The van der Waals surface area contributed by atoms with Crippen molar-refractivity contribution in [3.8, 4) is 22.6 Å². The Labute approximate surface area is 163 Å². The monoisotopic (exact) mass is 399 g/mol. The molecule has 29 heavy (non-hydrogen) atoms. The molecule has 0 aliphatic carbocycles. The number of halogens is 3. The number of hydrogen-bond acceptors (Lipinski definition) is 3. The topological polar surface area (TPSA) is 100 Å². The summed E-state index contributed by atoms with van der Waals surface area (Å²) in [5.41, 5.74) is 7.56. The summed E-state index contributed by atoms with van der Waals surface area (Å²) in [4.78, 5) is 26.5. The van der Waals surface area contributed by atoms with E-state index in [9.17, 15) is 18.0 Å². The number of primary amides is 1. The average Bonchev–Trinajstić information content (AvgIpc) is 3.33. The maximum atomic E-state index is 13.3. The van der Waals surface area contributed by atoms with Crippen LogP contribution in [0.2, 0.25) is 0 Å². The van der Waals surface area contributed by atoms with Crippen LogP contribution in [0, 0.1) is 0 Å². The predicted molar refractivity (Wildman–Crippen MR) is 102 cm³/mol. The first-order valence-electron chi connectivity index (χ1n) is 8.81. The van der Waals surface area contributed by atoms with Crippen LogP contribution in [0.25, 0.3) is 33.7 Å². The summed E-state index contributed by atoms with van der Waals surface area (Å²) in [5, 5.41) is 0.705. The first-order chi connectivity index (χ1) is 13.8. The number of alkyl halides is 3. The first-order valence-corrected chi connectivity index (χ1v) is 8.81. The Morgan fingerprint density at radius 2 is 1.97 bits per heavy atom. The Balaban J connectivity index is 1.96. The standard InChI is InChI=1S/C20H16F3N5O/c1-2-10-3-4-11(20(21,22)23)7-13(10)16-14(18(24)29)8-15(28-16)17-12-5-6-25-19(12)27-9-26-17/h3-9,28H,2H2,1H3,(H2,24,29)(H,25,26,27). The zero-order chi connectivity index (χ0) is 20.8. The lowest BCUT2D eigenvalue weighted by Crippen LogP contribution is -2.12. The van der Waals surface area contributed by atoms with Crippen LogP contribution in [0.5, 0.6) is 0 Å². The zero-order valence-electron chi connectivity index (χ0n) is 15.3. The number of rotatable bonds is 4. The van der Waals surface area contributed by atoms with Gasteiger partial charge < -0.3 is 15.7 Å². The molecule has 0 aliphatic heterocycles. The number of aromatic nitrogens is 4. The molecule has 0 aliphatic rings. The van der Waals surface area contributed by atoms with E-state index >= 15 is 0 Å². The minimum Gasteiger partial charge on any atom is -0.366 e. The molecule has 0 spiro atoms. The molecule has 3 aromatic heterocycles. The highest BCUT2D eigenvalue weighted by molar-refractivity contribution is 6.02. The molecule has 148 valence electrons. The molecule has 9 heteroatoms. The van der Waals surface area contributed by atoms with Crippen molar-refractivity contribution in [1.29, 1.82) is 0 Å². The average molecular weight is 399 g/mol. The lowest BCUT2D eigenvalue weighted by atomic mass is 9.97. The number of amides is 1. The fourth-order valence-corrected chi connectivity index (χ4v) is 3.37. The number of carbonyl (C=O) groups excluding carboxylic acids is 1. The number of carbonyl (C=O) groups is 1. The molecular weight excluding hydrogens is 383 g/mol. The predicted octanol–water partition coefficient (Wildman–Crippen LogP) is 4.30. The van der Waals surface area contributed by atoms with Gasteiger partial charge in [-0.3, -0.25) is 4.79 Å². The van der Waals surface area contributed by atoms with E-state index in [1.807, 2.05) is 6.92 Å². The number of aromatic amines is 2. The SMILES string of the molecule is CCc1ccc(C(F)(F)F)cc1-c1[nH]c(-c2ncnc3[nH]ccc23)cc1C(N)=O. The van der Waals surface area contributed by atoms with Gasteiger partial charge in [-0.25, -0.2) is 9.97 Å². The van der Waals surface area contributed by atoms with Crippen LogP contribution >= 0.6 is 0 Å². The third-order valence-electron chi connectivity index (χ3n) is 4.78. The number of nitrogens with zero attached hydrogens (tertiary/aromatic N) is 2. The molecule has 4 N–H and O–H groups in total. The lowest BCUT2D eigenvalue weighted by molar-refractivity contribution is -0.137. The number of aryl methyl sites for hydroxylation is 1. The van der Waals surface area contributed by atoms with E-state index in [0.717, 1.165) is 12.1 Å². The van der Waals surface area contributed by atoms with Gasteiger partial charge in [-0.15, -0.1) is 0 Å². The van der Waals surface area contributed by atoms with E-state index in [2.05, 4.69) is 19.9 Å². The highest BCUT2D eigenvalue weighted by Crippen LogP contribution is 2.37. The Morgan fingerprint density at radius 3 is 2.66 bits per heavy atom. The van der Waals surface area contributed by atoms with Crippen LogP contribution in [-0.4, -0.2) is 25.8 Å². The largest absolute Gasteiger partial charge is 0.416 e. The van der Waals surface area contributed by atoms with Crippen LogP contribution in [0.15, 0.2) is 42.9 Å². The van der Waals surface area contributed by atoms with Crippen LogP contribution in [-0.2, 0) is 12.6 Å². The van der Waals surface area contributed by atoms with Gasteiger partial charge in [0.1, 0.15) is 12.0 Å². The third kappa shape index (κ3) is 3.24. The third-order valence-corrected chi connectivity index (χ3v) is 4.78. The molecule has 4 aromatic rings. The van der Waals surface area contributed by atoms with Crippen molar-refractivity contribution in [3.05, 3.63) is 59.5 Å². The van der Waals surface area contributed by atoms with Crippen molar-refractivity contribution < 1.29 is 18.0 Å². The number of H-pyrrole nitrogens is 2. The van der Waals surface area contributed by atoms with Gasteiger partial charge >= 0.3 is 6.18 Å². The van der Waals surface area contributed by atoms with Crippen molar-refractivity contribution in [2.75, 3.05) is 0 Å². The van der Waals surface area contributed by atoms with E-state index in [0.29, 0.717) is 34.4 Å². The number of benzene rings is 1. The highest BCUT2D eigenvalue weighted by Gasteiger charge is 2.31. The van der Waals surface area contributed by atoms with Gasteiger partial charge in [-0.2, -0.15) is 13.2 Å². The minimum atomic E-state index is -4.51. The summed E-state index contributed by atoms with van der Waals surface area (Å²) in [5.74, 6) is -0.749. The second kappa shape index (κ2) is 6.77. The van der Waals surface area contributed by atoms with Gasteiger partial charge in [0.05, 0.1) is 28.2 Å². The number of hydrogen-bond donors (Lipinski definition) is 3.